The highest BCUT2D eigenvalue weighted by Crippen LogP contribution is 2.55. The molecule has 1 unspecified atom stereocenters. The van der Waals surface area contributed by atoms with E-state index in [1.807, 2.05) is 0 Å². The summed E-state index contributed by atoms with van der Waals surface area (Å²) in [4.78, 5) is 1.69. The Labute approximate surface area is 203 Å². The molecule has 2 aromatic carbocycles. The molecule has 35 heavy (non-hydrogen) atoms. The molecular formula is C25H33F6NO2Si. The average Bonchev–Trinajstić information content (AvgIpc) is 2.83. The molecule has 0 fully saturated rings. The van der Waals surface area contributed by atoms with Crippen LogP contribution in [-0.4, -0.2) is 38.9 Å². The molecule has 0 aliphatic rings. The largest absolute Gasteiger partial charge is 0.429 e. The first-order valence-corrected chi connectivity index (χ1v) is 14.3. The number of likely N-dealkylation sites (N-methyl/N-ethyl adjacent to an activating group) is 1. The standard InChI is InChI=1S/C25H33F6NO2Si/c1-5-32(18-22(33)19-12-10-9-11-13-19)21-16-14-20(15-17-21)23(24(26,27)28,25(29,30)31)34-35(6-2,7-3)8-4/h9-17,22,33H,5-8,18H2,1-4H3. The number of alkyl halides is 6. The number of aliphatic hydroxyl groups is 1. The van der Waals surface area contributed by atoms with Gasteiger partial charge in [0.05, 0.1) is 6.10 Å². The van der Waals surface area contributed by atoms with Crippen LogP contribution in [0.4, 0.5) is 32.0 Å². The van der Waals surface area contributed by atoms with Crippen LogP contribution in [0.1, 0.15) is 44.9 Å². The van der Waals surface area contributed by atoms with Crippen LogP contribution < -0.4 is 4.90 Å². The van der Waals surface area contributed by atoms with Gasteiger partial charge in [-0.3, -0.25) is 0 Å². The normalized spacial score (nSPS) is 14.1. The van der Waals surface area contributed by atoms with E-state index in [0.29, 0.717) is 17.8 Å². The minimum Gasteiger partial charge on any atom is -0.393 e. The minimum absolute atomic E-state index is 0.123. The predicted molar refractivity (Wildman–Crippen MR) is 128 cm³/mol. The monoisotopic (exact) mass is 521 g/mol. The molecule has 1 atom stereocenters. The van der Waals surface area contributed by atoms with Gasteiger partial charge in [-0.1, -0.05) is 63.2 Å². The molecule has 0 aliphatic carbocycles. The van der Waals surface area contributed by atoms with Crippen molar-refractivity contribution in [2.24, 2.45) is 0 Å². The zero-order valence-electron chi connectivity index (χ0n) is 20.4. The van der Waals surface area contributed by atoms with Gasteiger partial charge in [0, 0.05) is 24.3 Å². The highest BCUT2D eigenvalue weighted by Gasteiger charge is 2.74. The smallest absolute Gasteiger partial charge is 0.393 e. The second-order valence-corrected chi connectivity index (χ2v) is 13.2. The van der Waals surface area contributed by atoms with Crippen molar-refractivity contribution in [2.75, 3.05) is 18.0 Å². The summed E-state index contributed by atoms with van der Waals surface area (Å²) in [6.07, 6.45) is -12.3. The van der Waals surface area contributed by atoms with Crippen LogP contribution in [0.15, 0.2) is 54.6 Å². The molecular weight excluding hydrogens is 488 g/mol. The lowest BCUT2D eigenvalue weighted by Gasteiger charge is -2.44. The topological polar surface area (TPSA) is 32.7 Å². The zero-order chi connectivity index (χ0) is 26.5. The molecule has 0 aliphatic heterocycles. The molecule has 0 bridgehead atoms. The van der Waals surface area contributed by atoms with Gasteiger partial charge in [-0.15, -0.1) is 0 Å². The van der Waals surface area contributed by atoms with Crippen LogP contribution in [0, 0.1) is 0 Å². The maximum absolute atomic E-state index is 14.3. The van der Waals surface area contributed by atoms with E-state index >= 15 is 0 Å². The zero-order valence-corrected chi connectivity index (χ0v) is 21.4. The lowest BCUT2D eigenvalue weighted by Crippen LogP contribution is -2.61. The van der Waals surface area contributed by atoms with E-state index in [1.165, 1.54) is 12.1 Å². The molecule has 0 saturated heterocycles. The summed E-state index contributed by atoms with van der Waals surface area (Å²) in [5.41, 5.74) is -4.35. The molecule has 3 nitrogen and oxygen atoms in total. The number of rotatable bonds is 11. The number of halogens is 6. The van der Waals surface area contributed by atoms with Gasteiger partial charge in [0.25, 0.3) is 5.60 Å². The Kier molecular flexibility index (Phi) is 9.46. The third-order valence-corrected chi connectivity index (χ3v) is 11.3. The Morgan fingerprint density at radius 2 is 1.29 bits per heavy atom. The van der Waals surface area contributed by atoms with Crippen LogP contribution in [0.3, 0.4) is 0 Å². The van der Waals surface area contributed by atoms with Gasteiger partial charge in [0.1, 0.15) is 0 Å². The number of anilines is 1. The van der Waals surface area contributed by atoms with Crippen molar-refractivity contribution in [1.29, 1.82) is 0 Å². The van der Waals surface area contributed by atoms with E-state index in [2.05, 4.69) is 0 Å². The molecule has 2 rings (SSSR count). The number of hydrogen-bond acceptors (Lipinski definition) is 3. The molecule has 0 saturated carbocycles. The van der Waals surface area contributed by atoms with Crippen molar-refractivity contribution in [1.82, 2.24) is 0 Å². The second-order valence-electron chi connectivity index (χ2n) is 8.53. The van der Waals surface area contributed by atoms with E-state index in [9.17, 15) is 31.4 Å². The third kappa shape index (κ3) is 6.03. The maximum atomic E-state index is 14.3. The van der Waals surface area contributed by atoms with Crippen molar-refractivity contribution in [3.63, 3.8) is 0 Å². The average molecular weight is 522 g/mol. The summed E-state index contributed by atoms with van der Waals surface area (Å²) in [5.74, 6) is 0. The summed E-state index contributed by atoms with van der Waals surface area (Å²) >= 11 is 0. The quantitative estimate of drug-likeness (QED) is 0.244. The van der Waals surface area contributed by atoms with Gasteiger partial charge in [0.2, 0.25) is 0 Å². The fourth-order valence-electron chi connectivity index (χ4n) is 4.27. The lowest BCUT2D eigenvalue weighted by molar-refractivity contribution is -0.369. The first-order valence-electron chi connectivity index (χ1n) is 11.7. The highest BCUT2D eigenvalue weighted by atomic mass is 28.4. The Hall–Kier alpha value is -2.04. The first kappa shape index (κ1) is 29.2. The fourth-order valence-corrected chi connectivity index (χ4v) is 7.20. The molecule has 0 heterocycles. The number of hydrogen-bond donors (Lipinski definition) is 1. The number of benzene rings is 2. The van der Waals surface area contributed by atoms with Crippen LogP contribution >= 0.6 is 0 Å². The van der Waals surface area contributed by atoms with Gasteiger partial charge >= 0.3 is 12.4 Å². The van der Waals surface area contributed by atoms with Gasteiger partial charge in [0.15, 0.2) is 8.32 Å². The van der Waals surface area contributed by atoms with Gasteiger partial charge < -0.3 is 14.4 Å². The Morgan fingerprint density at radius 3 is 1.69 bits per heavy atom. The summed E-state index contributed by atoms with van der Waals surface area (Å²) in [7, 11) is -3.34. The Bertz CT molecular complexity index is 892. The molecule has 0 radical (unpaired) electrons. The van der Waals surface area contributed by atoms with E-state index < -0.39 is 37.9 Å². The van der Waals surface area contributed by atoms with Crippen LogP contribution in [-0.2, 0) is 10.0 Å². The molecule has 0 amide bonds. The van der Waals surface area contributed by atoms with Gasteiger partial charge in [-0.05, 0) is 42.8 Å². The van der Waals surface area contributed by atoms with Crippen LogP contribution in [0.2, 0.25) is 18.1 Å². The highest BCUT2D eigenvalue weighted by molar-refractivity contribution is 6.73. The Morgan fingerprint density at radius 1 is 0.800 bits per heavy atom. The van der Waals surface area contributed by atoms with E-state index in [0.717, 1.165) is 12.1 Å². The SMILES string of the molecule is CCN(CC(O)c1ccccc1)c1ccc(C(O[Si](CC)(CC)CC)(C(F)(F)F)C(F)(F)F)cc1. The third-order valence-electron chi connectivity index (χ3n) is 6.70. The summed E-state index contributed by atoms with van der Waals surface area (Å²) in [5, 5.41) is 10.5. The van der Waals surface area contributed by atoms with Gasteiger partial charge in [-0.25, -0.2) is 0 Å². The second kappa shape index (κ2) is 11.3. The van der Waals surface area contributed by atoms with Crippen molar-refractivity contribution in [2.45, 2.75) is 69.9 Å². The van der Waals surface area contributed by atoms with Crippen LogP contribution in [0.5, 0.6) is 0 Å². The van der Waals surface area contributed by atoms with Gasteiger partial charge in [-0.2, -0.15) is 26.3 Å². The Balaban J connectivity index is 2.51. The maximum Gasteiger partial charge on any atom is 0.429 e. The molecule has 196 valence electrons. The van der Waals surface area contributed by atoms with E-state index in [4.69, 9.17) is 4.43 Å². The molecule has 1 N–H and O–H groups in total. The summed E-state index contributed by atoms with van der Waals surface area (Å²) in [6.45, 7) is 7.04. The van der Waals surface area contributed by atoms with E-state index in [1.54, 1.807) is 62.9 Å². The van der Waals surface area contributed by atoms with Crippen molar-refractivity contribution in [3.8, 4) is 0 Å². The molecule has 0 aromatic heterocycles. The minimum atomic E-state index is -5.71. The number of aliphatic hydroxyl groups excluding tert-OH is 1. The molecule has 0 spiro atoms. The predicted octanol–water partition coefficient (Wildman–Crippen LogP) is 7.59. The van der Waals surface area contributed by atoms with Crippen LogP contribution in [0.25, 0.3) is 0 Å². The summed E-state index contributed by atoms with van der Waals surface area (Å²) < 4.78 is 91.2. The first-order chi connectivity index (χ1) is 16.3. The molecule has 10 heteroatoms. The fraction of sp³-hybridized carbons (Fsp3) is 0.520. The van der Waals surface area contributed by atoms with Crippen molar-refractivity contribution < 1.29 is 35.9 Å². The lowest BCUT2D eigenvalue weighted by atomic mass is 9.92. The number of nitrogens with zero attached hydrogens (tertiary/aromatic N) is 1. The molecule has 2 aromatic rings. The van der Waals surface area contributed by atoms with Crippen molar-refractivity contribution in [3.05, 3.63) is 65.7 Å². The summed E-state index contributed by atoms with van der Waals surface area (Å²) in [6, 6.07) is 13.3. The van der Waals surface area contributed by atoms with E-state index in [-0.39, 0.29) is 24.7 Å². The van der Waals surface area contributed by atoms with Crippen molar-refractivity contribution >= 4 is 14.0 Å².